The van der Waals surface area contributed by atoms with Crippen LogP contribution in [0.2, 0.25) is 5.02 Å². The summed E-state index contributed by atoms with van der Waals surface area (Å²) in [6, 6.07) is 11.3. The predicted octanol–water partition coefficient (Wildman–Crippen LogP) is 3.44. The molecule has 2 aromatic carbocycles. The van der Waals surface area contributed by atoms with Crippen molar-refractivity contribution in [1.82, 2.24) is 0 Å². The third-order valence-electron chi connectivity index (χ3n) is 3.67. The monoisotopic (exact) mass is 365 g/mol. The largest absolute Gasteiger partial charge is 0.300 e. The minimum absolute atomic E-state index is 0.120. The first-order valence-corrected chi connectivity index (χ1v) is 9.21. The van der Waals surface area contributed by atoms with Gasteiger partial charge in [-0.3, -0.25) is 4.79 Å². The molecule has 0 radical (unpaired) electrons. The van der Waals surface area contributed by atoms with E-state index in [0.29, 0.717) is 10.7 Å². The number of carbonyl (C=O) groups excluding carboxylic acids is 1. The van der Waals surface area contributed by atoms with E-state index in [1.54, 1.807) is 30.3 Å². The first-order valence-electron chi connectivity index (χ1n) is 7.12. The molecule has 1 amide bonds. The third kappa shape index (κ3) is 3.34. The highest BCUT2D eigenvalue weighted by molar-refractivity contribution is 7.94. The van der Waals surface area contributed by atoms with Crippen LogP contribution >= 0.6 is 11.6 Å². The summed E-state index contributed by atoms with van der Waals surface area (Å²) in [4.78, 5) is 14.1. The maximum Gasteiger partial charge on any atom is 0.261 e. The normalized spacial score (nSPS) is 18.5. The van der Waals surface area contributed by atoms with Crippen molar-refractivity contribution in [3.63, 3.8) is 0 Å². The summed E-state index contributed by atoms with van der Waals surface area (Å²) in [5.74, 6) is -1.51. The Bertz CT molecular complexity index is 910. The quantitative estimate of drug-likeness (QED) is 0.837. The fraction of sp³-hybridized carbons (Fsp3) is 0.118. The Morgan fingerprint density at radius 3 is 2.38 bits per heavy atom. The summed E-state index contributed by atoms with van der Waals surface area (Å²) < 4.78 is 37.5. The van der Waals surface area contributed by atoms with Crippen molar-refractivity contribution in [2.75, 3.05) is 10.7 Å². The highest BCUT2D eigenvalue weighted by atomic mass is 35.5. The van der Waals surface area contributed by atoms with Gasteiger partial charge < -0.3 is 4.90 Å². The predicted molar refractivity (Wildman–Crippen MR) is 91.4 cm³/mol. The summed E-state index contributed by atoms with van der Waals surface area (Å²) >= 11 is 5.87. The minimum Gasteiger partial charge on any atom is -0.300 e. The van der Waals surface area contributed by atoms with Crippen molar-refractivity contribution in [3.8, 4) is 0 Å². The Morgan fingerprint density at radius 1 is 1.12 bits per heavy atom. The van der Waals surface area contributed by atoms with Gasteiger partial charge >= 0.3 is 0 Å². The molecule has 3 rings (SSSR count). The molecular formula is C17H13ClFNO3S. The van der Waals surface area contributed by atoms with Gasteiger partial charge in [0.15, 0.2) is 9.84 Å². The second-order valence-corrected chi connectivity index (χ2v) is 7.72. The molecule has 4 nitrogen and oxygen atoms in total. The van der Waals surface area contributed by atoms with Gasteiger partial charge in [-0.1, -0.05) is 23.7 Å². The Morgan fingerprint density at radius 2 is 1.79 bits per heavy atom. The Balaban J connectivity index is 2.05. The van der Waals surface area contributed by atoms with E-state index in [1.165, 1.54) is 29.2 Å². The Labute approximate surface area is 144 Å². The van der Waals surface area contributed by atoms with Crippen LogP contribution in [0.1, 0.15) is 10.4 Å². The maximum atomic E-state index is 14.0. The first-order chi connectivity index (χ1) is 11.4. The molecule has 0 saturated heterocycles. The van der Waals surface area contributed by atoms with Crippen LogP contribution in [0.4, 0.5) is 10.1 Å². The number of hydrogen-bond acceptors (Lipinski definition) is 3. The van der Waals surface area contributed by atoms with Gasteiger partial charge in [0, 0.05) is 16.1 Å². The molecule has 0 fully saturated rings. The lowest BCUT2D eigenvalue weighted by Crippen LogP contribution is -2.41. The fourth-order valence-electron chi connectivity index (χ4n) is 2.55. The molecule has 124 valence electrons. The van der Waals surface area contributed by atoms with Crippen molar-refractivity contribution in [2.45, 2.75) is 6.04 Å². The number of sulfone groups is 1. The molecule has 0 saturated carbocycles. The minimum atomic E-state index is -3.38. The molecule has 1 aliphatic rings. The molecule has 7 heteroatoms. The third-order valence-corrected chi connectivity index (χ3v) is 5.30. The van der Waals surface area contributed by atoms with Crippen molar-refractivity contribution in [2.24, 2.45) is 0 Å². The number of nitrogens with zero attached hydrogens (tertiary/aromatic N) is 1. The maximum absolute atomic E-state index is 14.0. The lowest BCUT2D eigenvalue weighted by molar-refractivity contribution is 0.0979. The van der Waals surface area contributed by atoms with Crippen molar-refractivity contribution in [1.29, 1.82) is 0 Å². The molecule has 1 atom stereocenters. The van der Waals surface area contributed by atoms with E-state index in [1.807, 2.05) is 0 Å². The van der Waals surface area contributed by atoms with E-state index in [-0.39, 0.29) is 11.3 Å². The van der Waals surface area contributed by atoms with Gasteiger partial charge in [-0.25, -0.2) is 12.8 Å². The van der Waals surface area contributed by atoms with Gasteiger partial charge in [0.25, 0.3) is 5.91 Å². The molecule has 0 unspecified atom stereocenters. The van der Waals surface area contributed by atoms with E-state index in [9.17, 15) is 17.6 Å². The summed E-state index contributed by atoms with van der Waals surface area (Å²) in [5, 5.41) is 1.56. The van der Waals surface area contributed by atoms with E-state index in [0.717, 1.165) is 5.41 Å². The average molecular weight is 366 g/mol. The topological polar surface area (TPSA) is 54.5 Å². The molecule has 1 aliphatic heterocycles. The summed E-state index contributed by atoms with van der Waals surface area (Å²) in [5.41, 5.74) is 0.324. The van der Waals surface area contributed by atoms with E-state index >= 15 is 0 Å². The number of benzene rings is 2. The summed E-state index contributed by atoms with van der Waals surface area (Å²) in [6.45, 7) is 0. The number of amides is 1. The van der Waals surface area contributed by atoms with Gasteiger partial charge in [-0.2, -0.15) is 0 Å². The molecule has 24 heavy (non-hydrogen) atoms. The fourth-order valence-corrected chi connectivity index (χ4v) is 3.94. The zero-order valence-corrected chi connectivity index (χ0v) is 14.0. The summed E-state index contributed by atoms with van der Waals surface area (Å²) in [7, 11) is -3.38. The molecular weight excluding hydrogens is 353 g/mol. The van der Waals surface area contributed by atoms with Crippen molar-refractivity contribution >= 4 is 33.0 Å². The highest BCUT2D eigenvalue weighted by Crippen LogP contribution is 2.27. The highest BCUT2D eigenvalue weighted by Gasteiger charge is 2.32. The number of rotatable bonds is 3. The van der Waals surface area contributed by atoms with E-state index < -0.39 is 27.6 Å². The molecule has 0 aromatic heterocycles. The first kappa shape index (κ1) is 16.7. The van der Waals surface area contributed by atoms with Gasteiger partial charge in [-0.05, 0) is 42.5 Å². The van der Waals surface area contributed by atoms with Crippen LogP contribution in [0.5, 0.6) is 0 Å². The standard InChI is InChI=1S/C17H13ClFNO3S/c18-12-5-7-13(8-6-12)20(14-9-10-24(22,23)11-14)17(21)15-3-1-2-4-16(15)19/h1-10,14H,11H2/t14-/m0/s1. The van der Waals surface area contributed by atoms with Gasteiger partial charge in [0.2, 0.25) is 0 Å². The molecule has 2 aromatic rings. The van der Waals surface area contributed by atoms with Gasteiger partial charge in [-0.15, -0.1) is 0 Å². The second-order valence-electron chi connectivity index (χ2n) is 5.36. The Hall–Kier alpha value is -2.18. The van der Waals surface area contributed by atoms with Gasteiger partial charge in [0.05, 0.1) is 17.4 Å². The van der Waals surface area contributed by atoms with Crippen molar-refractivity contribution < 1.29 is 17.6 Å². The number of halogens is 2. The van der Waals surface area contributed by atoms with E-state index in [4.69, 9.17) is 11.6 Å². The van der Waals surface area contributed by atoms with Crippen LogP contribution in [-0.2, 0) is 9.84 Å². The zero-order valence-electron chi connectivity index (χ0n) is 12.4. The SMILES string of the molecule is O=C(c1ccccc1F)N(c1ccc(Cl)cc1)[C@H]1C=CS(=O)(=O)C1. The Kier molecular flexibility index (Phi) is 4.43. The lowest BCUT2D eigenvalue weighted by Gasteiger charge is -2.28. The number of anilines is 1. The van der Waals surface area contributed by atoms with Crippen LogP contribution in [0, 0.1) is 5.82 Å². The molecule has 0 bridgehead atoms. The number of carbonyl (C=O) groups is 1. The van der Waals surface area contributed by atoms with E-state index in [2.05, 4.69) is 0 Å². The van der Waals surface area contributed by atoms with Crippen LogP contribution in [-0.4, -0.2) is 26.1 Å². The van der Waals surface area contributed by atoms with Crippen LogP contribution < -0.4 is 4.90 Å². The van der Waals surface area contributed by atoms with Crippen molar-refractivity contribution in [3.05, 3.63) is 76.4 Å². The summed E-state index contributed by atoms with van der Waals surface area (Å²) in [6.07, 6.45) is 1.43. The average Bonchev–Trinajstić information content (AvgIpc) is 2.89. The van der Waals surface area contributed by atoms with Crippen LogP contribution in [0.25, 0.3) is 0 Å². The second kappa shape index (κ2) is 6.37. The molecule has 0 N–H and O–H groups in total. The molecule has 0 spiro atoms. The van der Waals surface area contributed by atoms with Crippen LogP contribution in [0.3, 0.4) is 0 Å². The molecule has 0 aliphatic carbocycles. The van der Waals surface area contributed by atoms with Gasteiger partial charge in [0.1, 0.15) is 5.82 Å². The zero-order chi connectivity index (χ0) is 17.3. The van der Waals surface area contributed by atoms with Crippen LogP contribution in [0.15, 0.2) is 60.0 Å². The number of hydrogen-bond donors (Lipinski definition) is 0. The molecule has 1 heterocycles. The smallest absolute Gasteiger partial charge is 0.261 e. The lowest BCUT2D eigenvalue weighted by atomic mass is 10.1.